The maximum absolute atomic E-state index is 12.6. The quantitative estimate of drug-likeness (QED) is 0.503. The highest BCUT2D eigenvalue weighted by molar-refractivity contribution is 6.35. The van der Waals surface area contributed by atoms with Crippen LogP contribution in [0.4, 0.5) is 4.79 Å². The highest BCUT2D eigenvalue weighted by Crippen LogP contribution is 2.33. The van der Waals surface area contributed by atoms with Crippen molar-refractivity contribution in [2.45, 2.75) is 37.6 Å². The van der Waals surface area contributed by atoms with Crippen molar-refractivity contribution in [3.05, 3.63) is 28.2 Å². The molecule has 3 rings (SSSR count). The summed E-state index contributed by atoms with van der Waals surface area (Å²) in [6, 6.07) is 3.87. The number of amides is 3. The van der Waals surface area contributed by atoms with Gasteiger partial charge in [0.25, 0.3) is 5.91 Å². The van der Waals surface area contributed by atoms with Crippen LogP contribution >= 0.6 is 23.2 Å². The van der Waals surface area contributed by atoms with E-state index in [9.17, 15) is 14.4 Å². The molecule has 1 saturated carbocycles. The molecule has 6 nitrogen and oxygen atoms in total. The third-order valence-corrected chi connectivity index (χ3v) is 4.89. The molecule has 1 spiro atoms. The van der Waals surface area contributed by atoms with Crippen LogP contribution in [0.2, 0.25) is 10.0 Å². The fraction of sp³-hybridized carbons (Fsp3) is 0.438. The van der Waals surface area contributed by atoms with E-state index >= 15 is 0 Å². The summed E-state index contributed by atoms with van der Waals surface area (Å²) in [6.45, 7) is -0.453. The number of urea groups is 1. The van der Waals surface area contributed by atoms with Gasteiger partial charge < -0.3 is 10.1 Å². The Labute approximate surface area is 149 Å². The third-order valence-electron chi connectivity index (χ3n) is 4.36. The number of carbonyl (C=O) groups is 3. The Kier molecular flexibility index (Phi) is 4.69. The average molecular weight is 371 g/mol. The summed E-state index contributed by atoms with van der Waals surface area (Å²) in [5.74, 6) is -0.965. The summed E-state index contributed by atoms with van der Waals surface area (Å²) < 4.78 is 5.13. The standard InChI is InChI=1S/C16H16Cl2N2O4/c17-10-4-5-12(11(18)8-10)24-13(21)9-20-14(22)16(19-15(20)23)6-2-1-3-7-16/h4-5,8H,1-3,6-7,9H2,(H,19,23). The maximum atomic E-state index is 12.6. The first-order valence-electron chi connectivity index (χ1n) is 7.71. The van der Waals surface area contributed by atoms with Crippen molar-refractivity contribution >= 4 is 41.1 Å². The molecule has 2 aliphatic rings. The number of esters is 1. The first kappa shape index (κ1) is 17.0. The first-order chi connectivity index (χ1) is 11.4. The smallest absolute Gasteiger partial charge is 0.331 e. The molecule has 0 bridgehead atoms. The fourth-order valence-electron chi connectivity index (χ4n) is 3.16. The Morgan fingerprint density at radius 3 is 2.58 bits per heavy atom. The molecule has 1 aliphatic carbocycles. The Morgan fingerprint density at radius 2 is 1.92 bits per heavy atom. The van der Waals surface area contributed by atoms with E-state index in [1.165, 1.54) is 18.2 Å². The average Bonchev–Trinajstić information content (AvgIpc) is 2.75. The number of nitrogens with zero attached hydrogens (tertiary/aromatic N) is 1. The van der Waals surface area contributed by atoms with Crippen LogP contribution in [0.3, 0.4) is 0 Å². The lowest BCUT2D eigenvalue weighted by Crippen LogP contribution is -2.48. The van der Waals surface area contributed by atoms with E-state index in [0.717, 1.165) is 24.2 Å². The predicted octanol–water partition coefficient (Wildman–Crippen LogP) is 3.15. The molecule has 0 atom stereocenters. The highest BCUT2D eigenvalue weighted by Gasteiger charge is 2.51. The molecule has 1 aromatic rings. The lowest BCUT2D eigenvalue weighted by atomic mass is 9.82. The summed E-state index contributed by atoms with van der Waals surface area (Å²) in [4.78, 5) is 37.7. The number of imide groups is 1. The van der Waals surface area contributed by atoms with Crippen LogP contribution in [-0.4, -0.2) is 34.9 Å². The zero-order valence-electron chi connectivity index (χ0n) is 12.8. The number of halogens is 2. The fourth-order valence-corrected chi connectivity index (χ4v) is 3.60. The molecule has 1 heterocycles. The van der Waals surface area contributed by atoms with Gasteiger partial charge in [-0.3, -0.25) is 9.69 Å². The number of benzene rings is 1. The molecule has 1 aliphatic heterocycles. The van der Waals surface area contributed by atoms with Crippen molar-refractivity contribution in [3.63, 3.8) is 0 Å². The van der Waals surface area contributed by atoms with Crippen LogP contribution in [-0.2, 0) is 9.59 Å². The molecular weight excluding hydrogens is 355 g/mol. The van der Waals surface area contributed by atoms with Gasteiger partial charge in [0.15, 0.2) is 0 Å². The summed E-state index contributed by atoms with van der Waals surface area (Å²) in [6.07, 6.45) is 4.01. The largest absolute Gasteiger partial charge is 0.424 e. The van der Waals surface area contributed by atoms with Crippen LogP contribution in [0, 0.1) is 0 Å². The van der Waals surface area contributed by atoms with E-state index in [2.05, 4.69) is 5.32 Å². The molecule has 0 unspecified atom stereocenters. The van der Waals surface area contributed by atoms with Crippen molar-refractivity contribution in [2.75, 3.05) is 6.54 Å². The van der Waals surface area contributed by atoms with Crippen LogP contribution in [0.5, 0.6) is 5.75 Å². The van der Waals surface area contributed by atoms with Gasteiger partial charge in [0, 0.05) is 5.02 Å². The number of hydrogen-bond acceptors (Lipinski definition) is 4. The monoisotopic (exact) mass is 370 g/mol. The van der Waals surface area contributed by atoms with Gasteiger partial charge >= 0.3 is 12.0 Å². The minimum Gasteiger partial charge on any atom is -0.424 e. The number of carbonyl (C=O) groups excluding carboxylic acids is 3. The predicted molar refractivity (Wildman–Crippen MR) is 88.2 cm³/mol. The van der Waals surface area contributed by atoms with Gasteiger partial charge in [0.05, 0.1) is 5.02 Å². The SMILES string of the molecule is O=C(CN1C(=O)NC2(CCCCC2)C1=O)Oc1ccc(Cl)cc1Cl. The van der Waals surface area contributed by atoms with E-state index in [0.29, 0.717) is 17.9 Å². The van der Waals surface area contributed by atoms with Crippen molar-refractivity contribution in [1.29, 1.82) is 0 Å². The highest BCUT2D eigenvalue weighted by atomic mass is 35.5. The minimum absolute atomic E-state index is 0.130. The summed E-state index contributed by atoms with van der Waals surface area (Å²) in [5.41, 5.74) is -0.854. The van der Waals surface area contributed by atoms with E-state index in [1.54, 1.807) is 0 Å². The molecule has 24 heavy (non-hydrogen) atoms. The van der Waals surface area contributed by atoms with E-state index in [4.69, 9.17) is 27.9 Å². The van der Waals surface area contributed by atoms with Crippen molar-refractivity contribution in [3.8, 4) is 5.75 Å². The Bertz CT molecular complexity index is 701. The normalized spacial score (nSPS) is 19.5. The second kappa shape index (κ2) is 6.61. The molecule has 0 aromatic heterocycles. The van der Waals surface area contributed by atoms with Crippen molar-refractivity contribution in [2.24, 2.45) is 0 Å². The molecule has 1 saturated heterocycles. The molecule has 0 radical (unpaired) electrons. The molecular formula is C16H16Cl2N2O4. The van der Waals surface area contributed by atoms with Gasteiger partial charge in [-0.15, -0.1) is 0 Å². The molecule has 1 N–H and O–H groups in total. The number of rotatable bonds is 3. The summed E-state index contributed by atoms with van der Waals surface area (Å²) in [5, 5.41) is 3.33. The zero-order valence-corrected chi connectivity index (χ0v) is 14.3. The van der Waals surface area contributed by atoms with E-state index < -0.39 is 24.1 Å². The second-order valence-electron chi connectivity index (χ2n) is 6.01. The summed E-state index contributed by atoms with van der Waals surface area (Å²) >= 11 is 11.7. The van der Waals surface area contributed by atoms with Crippen LogP contribution in [0.1, 0.15) is 32.1 Å². The number of ether oxygens (including phenoxy) is 1. The topological polar surface area (TPSA) is 75.7 Å². The number of nitrogens with one attached hydrogen (secondary N) is 1. The first-order valence-corrected chi connectivity index (χ1v) is 8.47. The van der Waals surface area contributed by atoms with Gasteiger partial charge in [-0.25, -0.2) is 9.59 Å². The molecule has 8 heteroatoms. The van der Waals surface area contributed by atoms with Gasteiger partial charge in [0.1, 0.15) is 17.8 Å². The minimum atomic E-state index is -0.854. The Balaban J connectivity index is 1.68. The van der Waals surface area contributed by atoms with Gasteiger partial charge in [-0.2, -0.15) is 0 Å². The van der Waals surface area contributed by atoms with Crippen LogP contribution in [0.15, 0.2) is 18.2 Å². The van der Waals surface area contributed by atoms with Gasteiger partial charge in [-0.05, 0) is 31.0 Å². The maximum Gasteiger partial charge on any atom is 0.331 e. The Morgan fingerprint density at radius 1 is 1.21 bits per heavy atom. The van der Waals surface area contributed by atoms with Crippen LogP contribution in [0.25, 0.3) is 0 Å². The molecule has 128 valence electrons. The third kappa shape index (κ3) is 3.21. The van der Waals surface area contributed by atoms with E-state index in [-0.39, 0.29) is 16.7 Å². The molecule has 2 fully saturated rings. The van der Waals surface area contributed by atoms with Gasteiger partial charge in [-0.1, -0.05) is 42.5 Å². The molecule has 3 amide bonds. The Hall–Kier alpha value is -1.79. The van der Waals surface area contributed by atoms with Crippen molar-refractivity contribution < 1.29 is 19.1 Å². The lowest BCUT2D eigenvalue weighted by molar-refractivity contribution is -0.141. The van der Waals surface area contributed by atoms with E-state index in [1.807, 2.05) is 0 Å². The zero-order chi connectivity index (χ0) is 17.3. The summed E-state index contributed by atoms with van der Waals surface area (Å²) in [7, 11) is 0. The lowest BCUT2D eigenvalue weighted by Gasteiger charge is -2.30. The second-order valence-corrected chi connectivity index (χ2v) is 6.86. The number of hydrogen-bond donors (Lipinski definition) is 1. The van der Waals surface area contributed by atoms with Gasteiger partial charge in [0.2, 0.25) is 0 Å². The van der Waals surface area contributed by atoms with Crippen LogP contribution < -0.4 is 10.1 Å². The van der Waals surface area contributed by atoms with Crippen molar-refractivity contribution in [1.82, 2.24) is 10.2 Å². The molecule has 1 aromatic carbocycles.